The van der Waals surface area contributed by atoms with Crippen LogP contribution in [0.1, 0.15) is 17.4 Å². The summed E-state index contributed by atoms with van der Waals surface area (Å²) in [5.74, 6) is -1.68. The van der Waals surface area contributed by atoms with Crippen molar-refractivity contribution in [2.45, 2.75) is 12.2 Å². The summed E-state index contributed by atoms with van der Waals surface area (Å²) < 4.78 is 43.5. The highest BCUT2D eigenvalue weighted by Crippen LogP contribution is 2.27. The minimum Gasteiger partial charge on any atom is -0.379 e. The first-order valence-corrected chi connectivity index (χ1v) is 8.78. The standard InChI is InChI=1S/C18H20ClF3N4O2/c1-3-4-14(12(2)19)16(27)23-11-15(26-5-7-28-8-6-26)13-9-24-17(25-10-13)18(20,21)22/h3-4,9-10,15H,1-2,5-8,11H2,(H,23,27)/b14-4+. The predicted octanol–water partition coefficient (Wildman–Crippen LogP) is 2.85. The number of hydrogen-bond acceptors (Lipinski definition) is 5. The molecule has 2 heterocycles. The molecule has 1 amide bonds. The molecule has 1 atom stereocenters. The van der Waals surface area contributed by atoms with Gasteiger partial charge in [0.2, 0.25) is 5.82 Å². The fourth-order valence-corrected chi connectivity index (χ4v) is 2.84. The lowest BCUT2D eigenvalue weighted by molar-refractivity contribution is -0.145. The van der Waals surface area contributed by atoms with Crippen LogP contribution >= 0.6 is 11.6 Å². The van der Waals surface area contributed by atoms with E-state index in [0.717, 1.165) is 12.4 Å². The zero-order valence-corrected chi connectivity index (χ0v) is 15.8. The molecule has 1 aliphatic rings. The van der Waals surface area contributed by atoms with Crippen molar-refractivity contribution in [2.75, 3.05) is 32.8 Å². The Morgan fingerprint density at radius 3 is 2.46 bits per heavy atom. The molecule has 10 heteroatoms. The van der Waals surface area contributed by atoms with Gasteiger partial charge in [-0.3, -0.25) is 9.69 Å². The number of aromatic nitrogens is 2. The van der Waals surface area contributed by atoms with E-state index in [-0.39, 0.29) is 17.2 Å². The molecule has 0 aliphatic carbocycles. The number of nitrogens with one attached hydrogen (secondary N) is 1. The molecule has 1 fully saturated rings. The van der Waals surface area contributed by atoms with Gasteiger partial charge in [-0.05, 0) is 6.08 Å². The summed E-state index contributed by atoms with van der Waals surface area (Å²) in [6, 6.07) is -0.427. The number of hydrogen-bond donors (Lipinski definition) is 1. The number of nitrogens with zero attached hydrogens (tertiary/aromatic N) is 3. The first-order chi connectivity index (χ1) is 13.2. The van der Waals surface area contributed by atoms with E-state index in [2.05, 4.69) is 28.4 Å². The van der Waals surface area contributed by atoms with Crippen LogP contribution < -0.4 is 5.32 Å². The van der Waals surface area contributed by atoms with Crippen molar-refractivity contribution in [1.82, 2.24) is 20.2 Å². The molecule has 1 unspecified atom stereocenters. The zero-order valence-electron chi connectivity index (χ0n) is 15.0. The van der Waals surface area contributed by atoms with Crippen molar-refractivity contribution in [3.05, 3.63) is 59.7 Å². The molecule has 1 aromatic heterocycles. The number of ether oxygens (including phenoxy) is 1. The van der Waals surface area contributed by atoms with E-state index in [1.54, 1.807) is 0 Å². The molecule has 1 N–H and O–H groups in total. The van der Waals surface area contributed by atoms with Gasteiger partial charge < -0.3 is 10.1 Å². The molecule has 0 aromatic carbocycles. The first-order valence-electron chi connectivity index (χ1n) is 8.40. The van der Waals surface area contributed by atoms with Crippen LogP contribution in [0.4, 0.5) is 13.2 Å². The quantitative estimate of drug-likeness (QED) is 0.547. The Bertz CT molecular complexity index is 744. The topological polar surface area (TPSA) is 67.4 Å². The molecule has 152 valence electrons. The molecule has 6 nitrogen and oxygen atoms in total. The largest absolute Gasteiger partial charge is 0.451 e. The van der Waals surface area contributed by atoms with E-state index in [0.29, 0.717) is 31.9 Å². The Hall–Kier alpha value is -2.23. The van der Waals surface area contributed by atoms with Crippen LogP contribution in [0.15, 0.2) is 48.3 Å². The maximum Gasteiger partial charge on any atom is 0.451 e. The van der Waals surface area contributed by atoms with Gasteiger partial charge in [0.1, 0.15) is 0 Å². The van der Waals surface area contributed by atoms with E-state index in [1.165, 1.54) is 12.2 Å². The van der Waals surface area contributed by atoms with Gasteiger partial charge in [-0.25, -0.2) is 9.97 Å². The molecular weight excluding hydrogens is 397 g/mol. The van der Waals surface area contributed by atoms with Gasteiger partial charge in [-0.1, -0.05) is 30.8 Å². The van der Waals surface area contributed by atoms with Gasteiger partial charge in [-0.15, -0.1) is 0 Å². The number of halogens is 4. The number of allylic oxidation sites excluding steroid dienone is 2. The summed E-state index contributed by atoms with van der Waals surface area (Å²) in [7, 11) is 0. The second-order valence-electron chi connectivity index (χ2n) is 5.93. The number of amides is 1. The van der Waals surface area contributed by atoms with Crippen molar-refractivity contribution in [3.63, 3.8) is 0 Å². The summed E-state index contributed by atoms with van der Waals surface area (Å²) in [5.41, 5.74) is 0.607. The second kappa shape index (κ2) is 9.81. The molecular formula is C18H20ClF3N4O2. The van der Waals surface area contributed by atoms with Crippen LogP contribution in [-0.4, -0.2) is 53.6 Å². The van der Waals surface area contributed by atoms with Crippen molar-refractivity contribution in [2.24, 2.45) is 0 Å². The van der Waals surface area contributed by atoms with Crippen molar-refractivity contribution in [3.8, 4) is 0 Å². The van der Waals surface area contributed by atoms with Crippen LogP contribution in [0.25, 0.3) is 0 Å². The van der Waals surface area contributed by atoms with Crippen molar-refractivity contribution < 1.29 is 22.7 Å². The third-order valence-corrected chi connectivity index (χ3v) is 4.28. The Morgan fingerprint density at radius 1 is 1.36 bits per heavy atom. The van der Waals surface area contributed by atoms with Crippen molar-refractivity contribution in [1.29, 1.82) is 0 Å². The first kappa shape index (κ1) is 22.1. The van der Waals surface area contributed by atoms with Crippen LogP contribution in [-0.2, 0) is 15.7 Å². The van der Waals surface area contributed by atoms with E-state index in [9.17, 15) is 18.0 Å². The Balaban J connectivity index is 2.20. The lowest BCUT2D eigenvalue weighted by Crippen LogP contribution is -2.44. The van der Waals surface area contributed by atoms with Crippen LogP contribution in [0, 0.1) is 0 Å². The van der Waals surface area contributed by atoms with E-state index in [4.69, 9.17) is 16.3 Å². The number of morpholine rings is 1. The number of rotatable bonds is 7. The van der Waals surface area contributed by atoms with Crippen LogP contribution in [0.5, 0.6) is 0 Å². The number of carbonyl (C=O) groups excluding carboxylic acids is 1. The summed E-state index contributed by atoms with van der Waals surface area (Å²) in [6.07, 6.45) is 0.472. The molecule has 1 aromatic rings. The van der Waals surface area contributed by atoms with Gasteiger partial charge >= 0.3 is 6.18 Å². The summed E-state index contributed by atoms with van der Waals surface area (Å²) in [6.45, 7) is 9.24. The molecule has 2 rings (SSSR count). The van der Waals surface area contributed by atoms with Gasteiger partial charge in [0, 0.05) is 42.6 Å². The fraction of sp³-hybridized carbons (Fsp3) is 0.389. The average molecular weight is 417 g/mol. The molecule has 0 bridgehead atoms. The van der Waals surface area contributed by atoms with Crippen LogP contribution in [0.3, 0.4) is 0 Å². The van der Waals surface area contributed by atoms with Gasteiger partial charge in [-0.2, -0.15) is 13.2 Å². The highest BCUT2D eigenvalue weighted by atomic mass is 35.5. The number of carbonyl (C=O) groups is 1. The maximum atomic E-state index is 12.7. The normalized spacial score (nSPS) is 17.1. The lowest BCUT2D eigenvalue weighted by Gasteiger charge is -2.34. The minimum atomic E-state index is -4.62. The Morgan fingerprint density at radius 2 is 1.96 bits per heavy atom. The van der Waals surface area contributed by atoms with Gasteiger partial charge in [0.15, 0.2) is 0 Å². The SMILES string of the molecule is C=C/C=C(\C(=C)Cl)C(=O)NCC(c1cnc(C(F)(F)F)nc1)N1CCOCC1. The summed E-state index contributed by atoms with van der Waals surface area (Å²) >= 11 is 5.83. The summed E-state index contributed by atoms with van der Waals surface area (Å²) in [4.78, 5) is 21.2. The molecule has 1 saturated heterocycles. The zero-order chi connectivity index (χ0) is 20.7. The highest BCUT2D eigenvalue weighted by Gasteiger charge is 2.35. The smallest absolute Gasteiger partial charge is 0.379 e. The molecule has 0 spiro atoms. The molecule has 28 heavy (non-hydrogen) atoms. The molecule has 0 saturated carbocycles. The Labute approximate surface area is 165 Å². The van der Waals surface area contributed by atoms with E-state index in [1.807, 2.05) is 4.90 Å². The lowest BCUT2D eigenvalue weighted by atomic mass is 10.1. The summed E-state index contributed by atoms with van der Waals surface area (Å²) in [5, 5.41) is 2.78. The Kier molecular flexibility index (Phi) is 7.73. The monoisotopic (exact) mass is 416 g/mol. The second-order valence-corrected chi connectivity index (χ2v) is 6.39. The van der Waals surface area contributed by atoms with Crippen LogP contribution in [0.2, 0.25) is 0 Å². The van der Waals surface area contributed by atoms with E-state index < -0.39 is 23.9 Å². The highest BCUT2D eigenvalue weighted by molar-refractivity contribution is 6.35. The number of alkyl halides is 3. The molecule has 0 radical (unpaired) electrons. The van der Waals surface area contributed by atoms with Gasteiger partial charge in [0.05, 0.1) is 24.8 Å². The van der Waals surface area contributed by atoms with E-state index >= 15 is 0 Å². The average Bonchev–Trinajstić information content (AvgIpc) is 2.66. The van der Waals surface area contributed by atoms with Crippen molar-refractivity contribution >= 4 is 17.5 Å². The third-order valence-electron chi connectivity index (χ3n) is 4.07. The molecule has 1 aliphatic heterocycles. The third kappa shape index (κ3) is 5.88. The maximum absolute atomic E-state index is 12.7. The fourth-order valence-electron chi connectivity index (χ4n) is 2.70. The van der Waals surface area contributed by atoms with Gasteiger partial charge in [0.25, 0.3) is 5.91 Å². The minimum absolute atomic E-state index is 0.0539. The predicted molar refractivity (Wildman–Crippen MR) is 98.4 cm³/mol.